The summed E-state index contributed by atoms with van der Waals surface area (Å²) < 4.78 is 4.71. The van der Waals surface area contributed by atoms with E-state index in [2.05, 4.69) is 6.92 Å². The van der Waals surface area contributed by atoms with Gasteiger partial charge in [0.05, 0.1) is 5.92 Å². The van der Waals surface area contributed by atoms with Gasteiger partial charge >= 0.3 is 0 Å². The summed E-state index contributed by atoms with van der Waals surface area (Å²) in [5, 5.41) is 0. The van der Waals surface area contributed by atoms with E-state index in [0.29, 0.717) is 10.5 Å². The van der Waals surface area contributed by atoms with Crippen LogP contribution >= 0.6 is 0 Å². The molecule has 60 valence electrons. The second kappa shape index (κ2) is 5.47. The molecule has 0 aliphatic carbocycles. The molecule has 1 atom stereocenters. The van der Waals surface area contributed by atoms with Crippen molar-refractivity contribution in [3.63, 3.8) is 0 Å². The Labute approximate surface area is 65.5 Å². The number of hydrogen-bond donors (Lipinski definition) is 0. The van der Waals surface area contributed by atoms with E-state index in [1.54, 1.807) is 0 Å². The maximum atomic E-state index is 10.8. The van der Waals surface area contributed by atoms with Gasteiger partial charge in [0.25, 0.3) is 5.97 Å². The molecule has 0 rings (SSSR count). The molecule has 0 bridgehead atoms. The summed E-state index contributed by atoms with van der Waals surface area (Å²) in [6.07, 6.45) is 3.24. The Morgan fingerprint density at radius 3 is 2.70 bits per heavy atom. The van der Waals surface area contributed by atoms with Gasteiger partial charge in [-0.25, -0.2) is 0 Å². The molecule has 0 aromatic carbocycles. The molecule has 0 aliphatic heterocycles. The standard InChI is InChI=1S/C7H16O2Si/c1-3-4-5-6(2)7(8)9-10/h6H,3-5H2,1-2,10H3. The fourth-order valence-corrected chi connectivity index (χ4v) is 1.23. The summed E-state index contributed by atoms with van der Waals surface area (Å²) in [5.41, 5.74) is 0. The van der Waals surface area contributed by atoms with Gasteiger partial charge in [-0.15, -0.1) is 0 Å². The van der Waals surface area contributed by atoms with Crippen LogP contribution in [0.15, 0.2) is 0 Å². The molecule has 0 spiro atoms. The predicted octanol–water partition coefficient (Wildman–Crippen LogP) is 0.636. The Hall–Kier alpha value is -0.313. The van der Waals surface area contributed by atoms with Gasteiger partial charge in [0.2, 0.25) is 10.5 Å². The Morgan fingerprint density at radius 2 is 2.30 bits per heavy atom. The molecule has 3 heteroatoms. The molecule has 0 aromatic rings. The van der Waals surface area contributed by atoms with Crippen LogP contribution < -0.4 is 0 Å². The van der Waals surface area contributed by atoms with Crippen molar-refractivity contribution < 1.29 is 9.22 Å². The molecular weight excluding hydrogens is 144 g/mol. The Kier molecular flexibility index (Phi) is 5.30. The highest BCUT2D eigenvalue weighted by molar-refractivity contribution is 6.05. The van der Waals surface area contributed by atoms with Gasteiger partial charge in [-0.1, -0.05) is 26.7 Å². The van der Waals surface area contributed by atoms with Crippen LogP contribution in [0.3, 0.4) is 0 Å². The summed E-state index contributed by atoms with van der Waals surface area (Å²) in [4.78, 5) is 10.8. The Bertz CT molecular complexity index is 104. The van der Waals surface area contributed by atoms with Crippen molar-refractivity contribution in [3.8, 4) is 0 Å². The lowest BCUT2D eigenvalue weighted by atomic mass is 10.1. The van der Waals surface area contributed by atoms with Gasteiger partial charge in [0.1, 0.15) is 0 Å². The highest BCUT2D eigenvalue weighted by atomic mass is 28.2. The Balaban J connectivity index is 3.41. The number of rotatable bonds is 4. The first-order chi connectivity index (χ1) is 4.72. The molecule has 0 heterocycles. The highest BCUT2D eigenvalue weighted by Crippen LogP contribution is 2.08. The van der Waals surface area contributed by atoms with Crippen LogP contribution in [0.25, 0.3) is 0 Å². The Morgan fingerprint density at radius 1 is 1.70 bits per heavy atom. The van der Waals surface area contributed by atoms with Crippen LogP contribution in [0, 0.1) is 5.92 Å². The molecule has 0 aromatic heterocycles. The van der Waals surface area contributed by atoms with Crippen molar-refractivity contribution in [1.29, 1.82) is 0 Å². The van der Waals surface area contributed by atoms with Crippen LogP contribution in [0.1, 0.15) is 33.1 Å². The molecule has 0 saturated heterocycles. The molecule has 0 saturated carbocycles. The van der Waals surface area contributed by atoms with Crippen LogP contribution in [-0.2, 0) is 9.22 Å². The highest BCUT2D eigenvalue weighted by Gasteiger charge is 2.10. The second-order valence-electron chi connectivity index (χ2n) is 2.57. The van der Waals surface area contributed by atoms with Gasteiger partial charge < -0.3 is 4.43 Å². The maximum Gasteiger partial charge on any atom is 0.294 e. The first-order valence-electron chi connectivity index (χ1n) is 3.80. The molecule has 0 aliphatic rings. The topological polar surface area (TPSA) is 26.3 Å². The number of unbranched alkanes of at least 4 members (excludes halogenated alkanes) is 1. The minimum Gasteiger partial charge on any atom is -0.529 e. The summed E-state index contributed by atoms with van der Waals surface area (Å²) in [5.74, 6) is 0.0811. The zero-order chi connectivity index (χ0) is 7.98. The normalized spacial score (nSPS) is 13.0. The zero-order valence-electron chi connectivity index (χ0n) is 7.02. The van der Waals surface area contributed by atoms with Gasteiger partial charge in [-0.2, -0.15) is 0 Å². The number of carbonyl (C=O) groups is 1. The van der Waals surface area contributed by atoms with Crippen LogP contribution in [0.2, 0.25) is 0 Å². The molecule has 0 radical (unpaired) electrons. The average Bonchev–Trinajstić information content (AvgIpc) is 1.98. The van der Waals surface area contributed by atoms with Crippen molar-refractivity contribution in [2.45, 2.75) is 33.1 Å². The first-order valence-corrected chi connectivity index (χ1v) is 4.61. The fraction of sp³-hybridized carbons (Fsp3) is 0.857. The van der Waals surface area contributed by atoms with Crippen molar-refractivity contribution >= 4 is 16.5 Å². The lowest BCUT2D eigenvalue weighted by Gasteiger charge is -2.07. The van der Waals surface area contributed by atoms with Crippen LogP contribution in [0.4, 0.5) is 0 Å². The van der Waals surface area contributed by atoms with E-state index in [4.69, 9.17) is 4.43 Å². The molecule has 0 N–H and O–H groups in total. The maximum absolute atomic E-state index is 10.8. The zero-order valence-corrected chi connectivity index (χ0v) is 9.02. The largest absolute Gasteiger partial charge is 0.529 e. The van der Waals surface area contributed by atoms with Crippen molar-refractivity contribution in [1.82, 2.24) is 0 Å². The van der Waals surface area contributed by atoms with E-state index in [1.165, 1.54) is 0 Å². The van der Waals surface area contributed by atoms with E-state index in [9.17, 15) is 4.79 Å². The van der Waals surface area contributed by atoms with E-state index in [-0.39, 0.29) is 11.9 Å². The third-order valence-electron chi connectivity index (χ3n) is 1.59. The summed E-state index contributed by atoms with van der Waals surface area (Å²) >= 11 is 0. The first kappa shape index (κ1) is 9.69. The lowest BCUT2D eigenvalue weighted by Crippen LogP contribution is -2.12. The number of carbonyl (C=O) groups excluding carboxylic acids is 1. The number of hydrogen-bond acceptors (Lipinski definition) is 2. The monoisotopic (exact) mass is 160 g/mol. The quantitative estimate of drug-likeness (QED) is 0.564. The smallest absolute Gasteiger partial charge is 0.294 e. The summed E-state index contributed by atoms with van der Waals surface area (Å²) in [7, 11) is 0.530. The molecule has 0 amide bonds. The van der Waals surface area contributed by atoms with Gasteiger partial charge in [-0.05, 0) is 6.42 Å². The lowest BCUT2D eigenvalue weighted by molar-refractivity contribution is -0.138. The molecular formula is C7H16O2Si. The van der Waals surface area contributed by atoms with Gasteiger partial charge in [-0.3, -0.25) is 4.79 Å². The van der Waals surface area contributed by atoms with Crippen LogP contribution in [-0.4, -0.2) is 16.5 Å². The van der Waals surface area contributed by atoms with Crippen molar-refractivity contribution in [2.75, 3.05) is 0 Å². The van der Waals surface area contributed by atoms with E-state index < -0.39 is 0 Å². The molecule has 1 unspecified atom stereocenters. The third-order valence-corrected chi connectivity index (χ3v) is 2.00. The van der Waals surface area contributed by atoms with E-state index >= 15 is 0 Å². The third kappa shape index (κ3) is 3.66. The van der Waals surface area contributed by atoms with Crippen molar-refractivity contribution in [3.05, 3.63) is 0 Å². The average molecular weight is 160 g/mol. The molecule has 2 nitrogen and oxygen atoms in total. The molecule has 10 heavy (non-hydrogen) atoms. The van der Waals surface area contributed by atoms with E-state index in [1.807, 2.05) is 6.92 Å². The minimum atomic E-state index is -0.0277. The minimum absolute atomic E-state index is 0.0277. The fourth-order valence-electron chi connectivity index (χ4n) is 0.829. The summed E-state index contributed by atoms with van der Waals surface area (Å²) in [6.45, 7) is 4.05. The molecule has 0 fully saturated rings. The van der Waals surface area contributed by atoms with Crippen LogP contribution in [0.5, 0.6) is 0 Å². The predicted molar refractivity (Wildman–Crippen MR) is 44.7 cm³/mol. The van der Waals surface area contributed by atoms with Gasteiger partial charge in [0, 0.05) is 0 Å². The van der Waals surface area contributed by atoms with Crippen molar-refractivity contribution in [2.24, 2.45) is 5.92 Å². The van der Waals surface area contributed by atoms with Gasteiger partial charge in [0.15, 0.2) is 0 Å². The second-order valence-corrected chi connectivity index (χ2v) is 2.97. The van der Waals surface area contributed by atoms with E-state index in [0.717, 1.165) is 19.3 Å². The SMILES string of the molecule is CCCCC(C)C(=O)O[SiH3]. The summed E-state index contributed by atoms with van der Waals surface area (Å²) in [6, 6.07) is 0.